The van der Waals surface area contributed by atoms with Crippen LogP contribution in [0.25, 0.3) is 0 Å². The Morgan fingerprint density at radius 2 is 2.12 bits per heavy atom. The zero-order chi connectivity index (χ0) is 18.2. The van der Waals surface area contributed by atoms with Crippen molar-refractivity contribution in [3.8, 4) is 0 Å². The summed E-state index contributed by atoms with van der Waals surface area (Å²) in [6.45, 7) is 1.59. The highest BCUT2D eigenvalue weighted by molar-refractivity contribution is 6.29. The molecule has 0 aliphatic carbocycles. The molecule has 0 fully saturated rings. The Hall–Kier alpha value is -2.29. The second-order valence-electron chi connectivity index (χ2n) is 5.44. The van der Waals surface area contributed by atoms with Crippen LogP contribution in [0.5, 0.6) is 0 Å². The number of aliphatic hydroxyl groups excluding tert-OH is 1. The molecule has 136 valence electrons. The lowest BCUT2D eigenvalue weighted by Gasteiger charge is -2.21. The summed E-state index contributed by atoms with van der Waals surface area (Å²) in [5.41, 5.74) is 3.26. The number of benzene rings is 1. The molecule has 25 heavy (non-hydrogen) atoms. The zero-order valence-electron chi connectivity index (χ0n) is 13.6. The van der Waals surface area contributed by atoms with Crippen LogP contribution in [0, 0.1) is 0 Å². The third-order valence-electron chi connectivity index (χ3n) is 3.37. The SMILES string of the molecule is C[C@@H](O)[C@H](NC(=O)OCc1ccccc1)C(=O)NCC1C=C(Cl)NO1. The Bertz CT molecular complexity index is 623. The van der Waals surface area contributed by atoms with Gasteiger partial charge < -0.3 is 20.5 Å². The van der Waals surface area contributed by atoms with E-state index >= 15 is 0 Å². The van der Waals surface area contributed by atoms with Crippen LogP contribution in [0.3, 0.4) is 0 Å². The first kappa shape index (κ1) is 19.0. The van der Waals surface area contributed by atoms with Gasteiger partial charge in [0.1, 0.15) is 23.9 Å². The molecule has 1 aromatic rings. The summed E-state index contributed by atoms with van der Waals surface area (Å²) in [6, 6.07) is 7.95. The molecule has 0 bridgehead atoms. The van der Waals surface area contributed by atoms with Crippen molar-refractivity contribution >= 4 is 23.6 Å². The third-order valence-corrected chi connectivity index (χ3v) is 3.57. The van der Waals surface area contributed by atoms with Gasteiger partial charge in [0.15, 0.2) is 0 Å². The first-order valence-electron chi connectivity index (χ1n) is 7.67. The van der Waals surface area contributed by atoms with Crippen LogP contribution in [0.4, 0.5) is 4.79 Å². The van der Waals surface area contributed by atoms with Crippen LogP contribution < -0.4 is 16.1 Å². The van der Waals surface area contributed by atoms with Crippen molar-refractivity contribution in [2.75, 3.05) is 6.54 Å². The second-order valence-corrected chi connectivity index (χ2v) is 5.85. The summed E-state index contributed by atoms with van der Waals surface area (Å²) < 4.78 is 5.05. The average Bonchev–Trinajstić information content (AvgIpc) is 3.02. The fourth-order valence-corrected chi connectivity index (χ4v) is 2.26. The van der Waals surface area contributed by atoms with E-state index in [1.54, 1.807) is 18.2 Å². The fourth-order valence-electron chi connectivity index (χ4n) is 2.07. The van der Waals surface area contributed by atoms with E-state index in [4.69, 9.17) is 21.2 Å². The van der Waals surface area contributed by atoms with Crippen LogP contribution in [0.1, 0.15) is 12.5 Å². The van der Waals surface area contributed by atoms with E-state index in [9.17, 15) is 14.7 Å². The number of halogens is 1. The van der Waals surface area contributed by atoms with Gasteiger partial charge in [0.25, 0.3) is 0 Å². The number of carbonyl (C=O) groups excluding carboxylic acids is 2. The normalized spacial score (nSPS) is 18.5. The maximum absolute atomic E-state index is 12.2. The predicted octanol–water partition coefficient (Wildman–Crippen LogP) is 0.762. The Morgan fingerprint density at radius 3 is 2.72 bits per heavy atom. The number of alkyl carbamates (subject to hydrolysis) is 1. The van der Waals surface area contributed by atoms with Crippen LogP contribution in [0.15, 0.2) is 41.6 Å². The molecule has 8 nitrogen and oxygen atoms in total. The smallest absolute Gasteiger partial charge is 0.408 e. The monoisotopic (exact) mass is 369 g/mol. The molecule has 4 N–H and O–H groups in total. The lowest BCUT2D eigenvalue weighted by Crippen LogP contribution is -2.53. The molecule has 0 saturated carbocycles. The van der Waals surface area contributed by atoms with Crippen molar-refractivity contribution in [2.45, 2.75) is 31.8 Å². The summed E-state index contributed by atoms with van der Waals surface area (Å²) in [5, 5.41) is 15.0. The molecule has 0 aromatic heterocycles. The highest BCUT2D eigenvalue weighted by Gasteiger charge is 2.27. The number of rotatable bonds is 7. The molecule has 1 unspecified atom stereocenters. The standard InChI is InChI=1S/C16H20ClN3O5/c1-10(21)14(15(22)18-8-12-7-13(17)20-25-12)19-16(23)24-9-11-5-3-2-4-6-11/h2-7,10,12,14,20-21H,8-9H2,1H3,(H,18,22)(H,19,23)/t10-,12?,14+/m1/s1. The molecule has 1 heterocycles. The Balaban J connectivity index is 1.80. The second kappa shape index (κ2) is 9.26. The van der Waals surface area contributed by atoms with Gasteiger partial charge in [0, 0.05) is 0 Å². The number of carbonyl (C=O) groups is 2. The Morgan fingerprint density at radius 1 is 1.40 bits per heavy atom. The van der Waals surface area contributed by atoms with Crippen molar-refractivity contribution in [2.24, 2.45) is 0 Å². The van der Waals surface area contributed by atoms with Gasteiger partial charge in [-0.05, 0) is 18.6 Å². The average molecular weight is 370 g/mol. The van der Waals surface area contributed by atoms with Gasteiger partial charge >= 0.3 is 6.09 Å². The molecule has 3 atom stereocenters. The van der Waals surface area contributed by atoms with Crippen LogP contribution in [-0.2, 0) is 21.0 Å². The van der Waals surface area contributed by atoms with Crippen LogP contribution >= 0.6 is 11.6 Å². The van der Waals surface area contributed by atoms with Crippen LogP contribution in [0.2, 0.25) is 0 Å². The lowest BCUT2D eigenvalue weighted by atomic mass is 10.1. The van der Waals surface area contributed by atoms with E-state index in [2.05, 4.69) is 16.1 Å². The number of nitrogens with one attached hydrogen (secondary N) is 3. The zero-order valence-corrected chi connectivity index (χ0v) is 14.3. The highest BCUT2D eigenvalue weighted by atomic mass is 35.5. The third kappa shape index (κ3) is 6.26. The first-order valence-corrected chi connectivity index (χ1v) is 8.05. The minimum atomic E-state index is -1.16. The van der Waals surface area contributed by atoms with E-state index in [0.717, 1.165) is 5.56 Å². The van der Waals surface area contributed by atoms with Gasteiger partial charge in [0.05, 0.1) is 12.6 Å². The maximum atomic E-state index is 12.2. The van der Waals surface area contributed by atoms with Crippen LogP contribution in [-0.4, -0.2) is 41.9 Å². The van der Waals surface area contributed by atoms with Gasteiger partial charge in [-0.2, -0.15) is 0 Å². The molecular formula is C16H20ClN3O5. The van der Waals surface area contributed by atoms with Crippen molar-refractivity contribution in [3.63, 3.8) is 0 Å². The topological polar surface area (TPSA) is 109 Å². The van der Waals surface area contributed by atoms with Crippen molar-refractivity contribution in [1.82, 2.24) is 16.1 Å². The van der Waals surface area contributed by atoms with Gasteiger partial charge in [-0.25, -0.2) is 4.79 Å². The molecule has 9 heteroatoms. The highest BCUT2D eigenvalue weighted by Crippen LogP contribution is 2.09. The number of hydrogen-bond donors (Lipinski definition) is 4. The largest absolute Gasteiger partial charge is 0.445 e. The predicted molar refractivity (Wildman–Crippen MR) is 90.2 cm³/mol. The maximum Gasteiger partial charge on any atom is 0.408 e. The molecule has 0 radical (unpaired) electrons. The summed E-state index contributed by atoms with van der Waals surface area (Å²) in [6.07, 6.45) is -0.755. The molecule has 1 aliphatic heterocycles. The Kier molecular flexibility index (Phi) is 7.05. The molecule has 0 spiro atoms. The van der Waals surface area contributed by atoms with E-state index in [1.165, 1.54) is 6.92 Å². The molecular weight excluding hydrogens is 350 g/mol. The number of amides is 2. The van der Waals surface area contributed by atoms with Gasteiger partial charge in [0.2, 0.25) is 5.91 Å². The lowest BCUT2D eigenvalue weighted by molar-refractivity contribution is -0.126. The summed E-state index contributed by atoms with van der Waals surface area (Å²) in [7, 11) is 0. The van der Waals surface area contributed by atoms with Gasteiger partial charge in [-0.3, -0.25) is 15.1 Å². The summed E-state index contributed by atoms with van der Waals surface area (Å²) in [4.78, 5) is 29.1. The minimum absolute atomic E-state index is 0.0612. The fraction of sp³-hybridized carbons (Fsp3) is 0.375. The summed E-state index contributed by atoms with van der Waals surface area (Å²) in [5.74, 6) is -0.563. The van der Waals surface area contributed by atoms with Crippen molar-refractivity contribution in [1.29, 1.82) is 0 Å². The van der Waals surface area contributed by atoms with Gasteiger partial charge in [-0.15, -0.1) is 0 Å². The molecule has 1 aromatic carbocycles. The number of aliphatic hydroxyl groups is 1. The molecule has 1 aliphatic rings. The Labute approximate surface area is 150 Å². The summed E-state index contributed by atoms with van der Waals surface area (Å²) >= 11 is 5.69. The molecule has 2 amide bonds. The van der Waals surface area contributed by atoms with E-state index in [0.29, 0.717) is 5.16 Å². The first-order chi connectivity index (χ1) is 12.0. The molecule has 2 rings (SSSR count). The number of ether oxygens (including phenoxy) is 1. The van der Waals surface area contributed by atoms with E-state index in [1.807, 2.05) is 18.2 Å². The molecule has 0 saturated heterocycles. The van der Waals surface area contributed by atoms with E-state index in [-0.39, 0.29) is 13.2 Å². The number of hydrogen-bond acceptors (Lipinski definition) is 6. The van der Waals surface area contributed by atoms with Gasteiger partial charge in [-0.1, -0.05) is 41.9 Å². The van der Waals surface area contributed by atoms with Crippen molar-refractivity contribution in [3.05, 3.63) is 47.1 Å². The number of hydroxylamine groups is 1. The quantitative estimate of drug-likeness (QED) is 0.528. The minimum Gasteiger partial charge on any atom is -0.445 e. The van der Waals surface area contributed by atoms with Crippen molar-refractivity contribution < 1.29 is 24.3 Å². The van der Waals surface area contributed by atoms with E-state index < -0.39 is 30.3 Å².